The highest BCUT2D eigenvalue weighted by Crippen LogP contribution is 2.15. The molecule has 1 aromatic rings. The minimum Gasteiger partial charge on any atom is -0.373 e. The summed E-state index contributed by atoms with van der Waals surface area (Å²) in [5.74, 6) is 2.04. The van der Waals surface area contributed by atoms with Crippen LogP contribution in [0.2, 0.25) is 0 Å². The van der Waals surface area contributed by atoms with Gasteiger partial charge in [-0.3, -0.25) is 0 Å². The minimum atomic E-state index is 0.459. The van der Waals surface area contributed by atoms with E-state index >= 15 is 0 Å². The summed E-state index contributed by atoms with van der Waals surface area (Å²) in [6.07, 6.45) is 4.38. The third-order valence-corrected chi connectivity index (χ3v) is 2.95. The van der Waals surface area contributed by atoms with E-state index in [1.165, 1.54) is 12.8 Å². The third-order valence-electron chi connectivity index (χ3n) is 2.95. The van der Waals surface area contributed by atoms with Crippen LogP contribution in [0.1, 0.15) is 37.9 Å². The third kappa shape index (κ3) is 4.09. The number of piperidine rings is 1. The van der Waals surface area contributed by atoms with Crippen LogP contribution >= 0.6 is 0 Å². The predicted octanol–water partition coefficient (Wildman–Crippen LogP) is 1.54. The van der Waals surface area contributed by atoms with Gasteiger partial charge in [0.25, 0.3) is 0 Å². The van der Waals surface area contributed by atoms with Gasteiger partial charge in [-0.2, -0.15) is 4.98 Å². The van der Waals surface area contributed by atoms with E-state index in [9.17, 15) is 0 Å². The fraction of sp³-hybridized carbons (Fsp3) is 0.833. The van der Waals surface area contributed by atoms with Crippen LogP contribution in [-0.2, 0) is 17.8 Å². The van der Waals surface area contributed by atoms with Crippen molar-refractivity contribution >= 4 is 0 Å². The van der Waals surface area contributed by atoms with Crippen LogP contribution in [0.4, 0.5) is 0 Å². The summed E-state index contributed by atoms with van der Waals surface area (Å²) in [6, 6.07) is 0. The zero-order chi connectivity index (χ0) is 11.9. The molecule has 2 heterocycles. The molecule has 0 radical (unpaired) electrons. The summed E-state index contributed by atoms with van der Waals surface area (Å²) in [5, 5.41) is 7.31. The topological polar surface area (TPSA) is 60.2 Å². The monoisotopic (exact) mass is 239 g/mol. The summed E-state index contributed by atoms with van der Waals surface area (Å²) in [6.45, 7) is 5.48. The molecule has 17 heavy (non-hydrogen) atoms. The van der Waals surface area contributed by atoms with Gasteiger partial charge in [-0.1, -0.05) is 12.1 Å². The van der Waals surface area contributed by atoms with Gasteiger partial charge in [-0.05, 0) is 38.3 Å². The van der Waals surface area contributed by atoms with Gasteiger partial charge < -0.3 is 14.6 Å². The molecule has 5 nitrogen and oxygen atoms in total. The van der Waals surface area contributed by atoms with Gasteiger partial charge in [-0.25, -0.2) is 0 Å². The summed E-state index contributed by atoms with van der Waals surface area (Å²) in [7, 11) is 0. The van der Waals surface area contributed by atoms with Crippen molar-refractivity contribution in [3.8, 4) is 0 Å². The van der Waals surface area contributed by atoms with Crippen LogP contribution in [0.3, 0.4) is 0 Å². The first kappa shape index (κ1) is 12.5. The lowest BCUT2D eigenvalue weighted by molar-refractivity contribution is 0.114. The summed E-state index contributed by atoms with van der Waals surface area (Å²) < 4.78 is 10.6. The van der Waals surface area contributed by atoms with Gasteiger partial charge in [-0.15, -0.1) is 0 Å². The van der Waals surface area contributed by atoms with E-state index in [4.69, 9.17) is 9.26 Å². The molecule has 1 aliphatic rings. The first-order chi connectivity index (χ1) is 8.38. The first-order valence-electron chi connectivity index (χ1n) is 6.48. The Morgan fingerprint density at radius 1 is 1.53 bits per heavy atom. The van der Waals surface area contributed by atoms with Crippen LogP contribution in [0.25, 0.3) is 0 Å². The maximum Gasteiger partial charge on any atom is 0.227 e. The average molecular weight is 239 g/mol. The van der Waals surface area contributed by atoms with Crippen molar-refractivity contribution in [3.05, 3.63) is 11.7 Å². The lowest BCUT2D eigenvalue weighted by Crippen LogP contribution is -2.30. The molecule has 0 saturated carbocycles. The van der Waals surface area contributed by atoms with Crippen molar-refractivity contribution in [2.24, 2.45) is 5.92 Å². The summed E-state index contributed by atoms with van der Waals surface area (Å²) in [4.78, 5) is 4.35. The predicted molar refractivity (Wildman–Crippen MR) is 63.5 cm³/mol. The van der Waals surface area contributed by atoms with Gasteiger partial charge >= 0.3 is 0 Å². The van der Waals surface area contributed by atoms with Crippen LogP contribution < -0.4 is 5.32 Å². The van der Waals surface area contributed by atoms with Crippen molar-refractivity contribution in [1.29, 1.82) is 0 Å². The Kier molecular flexibility index (Phi) is 4.94. The number of nitrogens with zero attached hydrogens (tertiary/aromatic N) is 2. The zero-order valence-electron chi connectivity index (χ0n) is 10.4. The average Bonchev–Trinajstić information content (AvgIpc) is 2.79. The molecule has 0 spiro atoms. The van der Waals surface area contributed by atoms with Crippen molar-refractivity contribution < 1.29 is 9.26 Å². The molecule has 1 aliphatic heterocycles. The van der Waals surface area contributed by atoms with Crippen molar-refractivity contribution in [2.45, 2.75) is 39.2 Å². The Bertz CT molecular complexity index is 321. The van der Waals surface area contributed by atoms with Crippen LogP contribution in [-0.4, -0.2) is 29.8 Å². The Morgan fingerprint density at radius 2 is 2.47 bits per heavy atom. The second-order valence-electron chi connectivity index (χ2n) is 4.57. The van der Waals surface area contributed by atoms with Crippen molar-refractivity contribution in [1.82, 2.24) is 15.5 Å². The largest absolute Gasteiger partial charge is 0.373 e. The van der Waals surface area contributed by atoms with E-state index in [2.05, 4.69) is 22.4 Å². The molecule has 1 fully saturated rings. The van der Waals surface area contributed by atoms with Crippen LogP contribution in [0.5, 0.6) is 0 Å². The van der Waals surface area contributed by atoms with Gasteiger partial charge in [0.1, 0.15) is 6.61 Å². The quantitative estimate of drug-likeness (QED) is 0.763. The fourth-order valence-corrected chi connectivity index (χ4v) is 2.08. The molecule has 0 aliphatic carbocycles. The maximum absolute atomic E-state index is 5.37. The molecule has 2 rings (SSSR count). The molecule has 0 aromatic carbocycles. The SMILES string of the molecule is CCCOCc1noc(CC2CCCNC2)n1. The smallest absolute Gasteiger partial charge is 0.227 e. The number of hydrogen-bond donors (Lipinski definition) is 1. The second kappa shape index (κ2) is 6.71. The lowest BCUT2D eigenvalue weighted by Gasteiger charge is -2.20. The number of hydrogen-bond acceptors (Lipinski definition) is 5. The van der Waals surface area contributed by atoms with Gasteiger partial charge in [0.2, 0.25) is 5.89 Å². The van der Waals surface area contributed by atoms with E-state index < -0.39 is 0 Å². The number of ether oxygens (including phenoxy) is 1. The van der Waals surface area contributed by atoms with E-state index in [0.717, 1.165) is 38.4 Å². The second-order valence-corrected chi connectivity index (χ2v) is 4.57. The highest BCUT2D eigenvalue weighted by Gasteiger charge is 2.17. The number of nitrogens with one attached hydrogen (secondary N) is 1. The maximum atomic E-state index is 5.37. The Balaban J connectivity index is 1.76. The van der Waals surface area contributed by atoms with Crippen molar-refractivity contribution in [3.63, 3.8) is 0 Å². The number of aromatic nitrogens is 2. The fourth-order valence-electron chi connectivity index (χ4n) is 2.08. The number of rotatable bonds is 6. The minimum absolute atomic E-state index is 0.459. The van der Waals surface area contributed by atoms with E-state index in [1.54, 1.807) is 0 Å². The molecule has 1 saturated heterocycles. The van der Waals surface area contributed by atoms with Gasteiger partial charge in [0, 0.05) is 13.0 Å². The van der Waals surface area contributed by atoms with Crippen LogP contribution in [0, 0.1) is 5.92 Å². The molecule has 0 bridgehead atoms. The molecule has 96 valence electrons. The van der Waals surface area contributed by atoms with E-state index in [-0.39, 0.29) is 0 Å². The van der Waals surface area contributed by atoms with E-state index in [0.29, 0.717) is 18.3 Å². The summed E-state index contributed by atoms with van der Waals surface area (Å²) >= 11 is 0. The molecule has 5 heteroatoms. The molecule has 1 aromatic heterocycles. The van der Waals surface area contributed by atoms with Gasteiger partial charge in [0.05, 0.1) is 0 Å². The summed E-state index contributed by atoms with van der Waals surface area (Å²) in [5.41, 5.74) is 0. The molecule has 1 unspecified atom stereocenters. The van der Waals surface area contributed by atoms with Gasteiger partial charge in [0.15, 0.2) is 5.82 Å². The molecule has 1 N–H and O–H groups in total. The zero-order valence-corrected chi connectivity index (χ0v) is 10.4. The lowest BCUT2D eigenvalue weighted by atomic mass is 9.96. The Morgan fingerprint density at radius 3 is 3.24 bits per heavy atom. The highest BCUT2D eigenvalue weighted by atomic mass is 16.5. The molecular formula is C12H21N3O2. The first-order valence-corrected chi connectivity index (χ1v) is 6.48. The van der Waals surface area contributed by atoms with E-state index in [1.807, 2.05) is 0 Å². The standard InChI is InChI=1S/C12H21N3O2/c1-2-6-16-9-11-14-12(17-15-11)7-10-4-3-5-13-8-10/h10,13H,2-9H2,1H3. The highest BCUT2D eigenvalue weighted by molar-refractivity contribution is 4.87. The van der Waals surface area contributed by atoms with Crippen LogP contribution in [0.15, 0.2) is 4.52 Å². The molecule has 0 amide bonds. The Hall–Kier alpha value is -0.940. The normalized spacial score (nSPS) is 20.6. The van der Waals surface area contributed by atoms with Crippen molar-refractivity contribution in [2.75, 3.05) is 19.7 Å². The molecular weight excluding hydrogens is 218 g/mol. The Labute approximate surface area is 102 Å². The molecule has 1 atom stereocenters.